The molecule has 0 heterocycles. The lowest BCUT2D eigenvalue weighted by atomic mass is 10.0. The van der Waals surface area contributed by atoms with Gasteiger partial charge in [0, 0.05) is 5.56 Å². The van der Waals surface area contributed by atoms with Gasteiger partial charge in [0.25, 0.3) is 0 Å². The van der Waals surface area contributed by atoms with Gasteiger partial charge in [0.15, 0.2) is 0 Å². The number of rotatable bonds is 1. The van der Waals surface area contributed by atoms with Crippen LogP contribution in [0.4, 0.5) is 4.39 Å². The third kappa shape index (κ3) is 3.12. The van der Waals surface area contributed by atoms with Crippen molar-refractivity contribution in [1.29, 1.82) is 0 Å². The first kappa shape index (κ1) is 12.7. The van der Waals surface area contributed by atoms with Crippen LogP contribution >= 0.6 is 34.8 Å². The average Bonchev–Trinajstić information content (AvgIpc) is 2.29. The van der Waals surface area contributed by atoms with Crippen molar-refractivity contribution in [2.24, 2.45) is 0 Å². The van der Waals surface area contributed by atoms with Crippen LogP contribution in [0.3, 0.4) is 0 Å². The molecular weight excluding hydrogens is 282 g/mol. The summed E-state index contributed by atoms with van der Waals surface area (Å²) >= 11 is 17.3. The molecule has 0 spiro atoms. The van der Waals surface area contributed by atoms with Gasteiger partial charge < -0.3 is 0 Å². The Morgan fingerprint density at radius 1 is 0.706 bits per heavy atom. The number of alkyl halides is 3. The quantitative estimate of drug-likeness (QED) is 0.623. The predicted molar refractivity (Wildman–Crippen MR) is 71.1 cm³/mol. The second kappa shape index (κ2) is 4.85. The summed E-state index contributed by atoms with van der Waals surface area (Å²) in [5, 5.41) is 0. The van der Waals surface area contributed by atoms with Crippen LogP contribution in [-0.4, -0.2) is 0 Å². The number of halogens is 4. The lowest BCUT2D eigenvalue weighted by Crippen LogP contribution is -1.98. The Morgan fingerprint density at radius 2 is 1.12 bits per heavy atom. The molecule has 2 aromatic carbocycles. The van der Waals surface area contributed by atoms with Gasteiger partial charge in [0.05, 0.1) is 0 Å². The van der Waals surface area contributed by atoms with Crippen LogP contribution in [0, 0.1) is 5.82 Å². The highest BCUT2D eigenvalue weighted by atomic mass is 35.6. The Morgan fingerprint density at radius 3 is 1.53 bits per heavy atom. The Bertz CT molecular complexity index is 498. The largest absolute Gasteiger partial charge is 0.216 e. The zero-order valence-corrected chi connectivity index (χ0v) is 10.9. The molecule has 88 valence electrons. The van der Waals surface area contributed by atoms with E-state index in [1.54, 1.807) is 24.3 Å². The van der Waals surface area contributed by atoms with Gasteiger partial charge >= 0.3 is 0 Å². The molecule has 17 heavy (non-hydrogen) atoms. The van der Waals surface area contributed by atoms with Crippen molar-refractivity contribution in [3.63, 3.8) is 0 Å². The molecular formula is C13H8Cl3F. The van der Waals surface area contributed by atoms with Crippen molar-refractivity contribution in [1.82, 2.24) is 0 Å². The zero-order chi connectivity index (χ0) is 12.5. The fourth-order valence-electron chi connectivity index (χ4n) is 1.49. The number of hydrogen-bond donors (Lipinski definition) is 0. The Hall–Kier alpha value is -0.760. The first-order valence-electron chi connectivity index (χ1n) is 4.90. The highest BCUT2D eigenvalue weighted by molar-refractivity contribution is 6.66. The summed E-state index contributed by atoms with van der Waals surface area (Å²) in [5.74, 6) is -0.258. The average molecular weight is 290 g/mol. The molecule has 0 unspecified atom stereocenters. The van der Waals surface area contributed by atoms with Gasteiger partial charge in [-0.2, -0.15) is 0 Å². The van der Waals surface area contributed by atoms with Crippen LogP contribution in [-0.2, 0) is 3.79 Å². The van der Waals surface area contributed by atoms with E-state index in [2.05, 4.69) is 0 Å². The van der Waals surface area contributed by atoms with Crippen molar-refractivity contribution in [2.75, 3.05) is 0 Å². The summed E-state index contributed by atoms with van der Waals surface area (Å²) in [6.07, 6.45) is 0. The van der Waals surface area contributed by atoms with Gasteiger partial charge in [-0.25, -0.2) is 4.39 Å². The highest BCUT2D eigenvalue weighted by Crippen LogP contribution is 2.38. The molecule has 0 aliphatic heterocycles. The normalized spacial score (nSPS) is 11.5. The number of hydrogen-bond acceptors (Lipinski definition) is 0. The first-order chi connectivity index (χ1) is 7.97. The molecule has 0 bridgehead atoms. The summed E-state index contributed by atoms with van der Waals surface area (Å²) < 4.78 is 11.4. The highest BCUT2D eigenvalue weighted by Gasteiger charge is 2.22. The second-order valence-electron chi connectivity index (χ2n) is 3.58. The van der Waals surface area contributed by atoms with E-state index in [-0.39, 0.29) is 5.82 Å². The Labute approximate surface area is 114 Å². The van der Waals surface area contributed by atoms with E-state index in [9.17, 15) is 4.39 Å². The third-order valence-corrected chi connectivity index (χ3v) is 3.04. The van der Waals surface area contributed by atoms with Crippen LogP contribution in [0.1, 0.15) is 5.56 Å². The molecule has 0 aliphatic carbocycles. The van der Waals surface area contributed by atoms with Crippen LogP contribution < -0.4 is 0 Å². The minimum Gasteiger partial charge on any atom is -0.207 e. The maximum atomic E-state index is 12.8. The van der Waals surface area contributed by atoms with E-state index < -0.39 is 3.79 Å². The summed E-state index contributed by atoms with van der Waals surface area (Å²) in [6.45, 7) is 0. The van der Waals surface area contributed by atoms with Gasteiger partial charge in [0.2, 0.25) is 3.79 Å². The monoisotopic (exact) mass is 288 g/mol. The van der Waals surface area contributed by atoms with E-state index in [0.717, 1.165) is 11.1 Å². The molecule has 0 saturated carbocycles. The summed E-state index contributed by atoms with van der Waals surface area (Å²) in [7, 11) is 0. The Kier molecular flexibility index (Phi) is 3.62. The lowest BCUT2D eigenvalue weighted by Gasteiger charge is -2.11. The molecule has 0 nitrogen and oxygen atoms in total. The van der Waals surface area contributed by atoms with Gasteiger partial charge in [-0.3, -0.25) is 0 Å². The molecule has 0 amide bonds. The minimum absolute atomic E-state index is 0.258. The summed E-state index contributed by atoms with van der Waals surface area (Å²) in [5.41, 5.74) is 2.47. The number of benzene rings is 2. The maximum absolute atomic E-state index is 12.8. The van der Waals surface area contributed by atoms with Crippen molar-refractivity contribution < 1.29 is 4.39 Å². The summed E-state index contributed by atoms with van der Waals surface area (Å²) in [6, 6.07) is 13.4. The molecule has 0 fully saturated rings. The van der Waals surface area contributed by atoms with E-state index in [4.69, 9.17) is 34.8 Å². The van der Waals surface area contributed by atoms with Crippen LogP contribution in [0.25, 0.3) is 11.1 Å². The molecule has 4 heteroatoms. The predicted octanol–water partition coefficient (Wildman–Crippen LogP) is 5.32. The lowest BCUT2D eigenvalue weighted by molar-refractivity contribution is 0.628. The Balaban J connectivity index is 2.33. The SMILES string of the molecule is Fc1ccc(-c2ccc(C(Cl)(Cl)Cl)cc2)cc1. The topological polar surface area (TPSA) is 0 Å². The standard InChI is InChI=1S/C13H8Cl3F/c14-13(15,16)11-5-1-9(2-6-11)10-3-7-12(17)8-4-10/h1-8H. The maximum Gasteiger partial charge on any atom is 0.216 e. The van der Waals surface area contributed by atoms with Gasteiger partial charge in [0.1, 0.15) is 5.82 Å². The van der Waals surface area contributed by atoms with Crippen molar-refractivity contribution >= 4 is 34.8 Å². The molecule has 0 atom stereocenters. The van der Waals surface area contributed by atoms with Crippen LogP contribution in [0.2, 0.25) is 0 Å². The molecule has 0 saturated heterocycles. The second-order valence-corrected chi connectivity index (χ2v) is 5.86. The van der Waals surface area contributed by atoms with Crippen molar-refractivity contribution in [2.45, 2.75) is 3.79 Å². The van der Waals surface area contributed by atoms with Gasteiger partial charge in [-0.15, -0.1) is 0 Å². The van der Waals surface area contributed by atoms with E-state index >= 15 is 0 Å². The molecule has 0 radical (unpaired) electrons. The van der Waals surface area contributed by atoms with Gasteiger partial charge in [-0.05, 0) is 23.3 Å². The third-order valence-electron chi connectivity index (χ3n) is 2.39. The van der Waals surface area contributed by atoms with E-state index in [0.29, 0.717) is 5.56 Å². The van der Waals surface area contributed by atoms with Crippen molar-refractivity contribution in [3.05, 3.63) is 59.9 Å². The van der Waals surface area contributed by atoms with Crippen molar-refractivity contribution in [3.8, 4) is 11.1 Å². The molecule has 0 aliphatic rings. The van der Waals surface area contributed by atoms with E-state index in [1.165, 1.54) is 12.1 Å². The summed E-state index contributed by atoms with van der Waals surface area (Å²) in [4.78, 5) is 0. The molecule has 0 aromatic heterocycles. The van der Waals surface area contributed by atoms with Crippen LogP contribution in [0.5, 0.6) is 0 Å². The molecule has 2 aromatic rings. The molecule has 2 rings (SSSR count). The van der Waals surface area contributed by atoms with Crippen LogP contribution in [0.15, 0.2) is 48.5 Å². The van der Waals surface area contributed by atoms with E-state index in [1.807, 2.05) is 12.1 Å². The fourth-order valence-corrected chi connectivity index (χ4v) is 1.87. The smallest absolute Gasteiger partial charge is 0.207 e. The first-order valence-corrected chi connectivity index (χ1v) is 6.03. The van der Waals surface area contributed by atoms with Gasteiger partial charge in [-0.1, -0.05) is 71.2 Å². The minimum atomic E-state index is -1.42. The fraction of sp³-hybridized carbons (Fsp3) is 0.0769. The molecule has 0 N–H and O–H groups in total. The zero-order valence-electron chi connectivity index (χ0n) is 8.63.